The number of amides is 1. The molecule has 2 fully saturated rings. The highest BCUT2D eigenvalue weighted by atomic mass is 127. The lowest BCUT2D eigenvalue weighted by Gasteiger charge is -2.26. The number of aromatic hydroxyl groups is 1. The van der Waals surface area contributed by atoms with Crippen LogP contribution in [0.25, 0.3) is 0 Å². The van der Waals surface area contributed by atoms with Crippen molar-refractivity contribution in [3.05, 3.63) is 27.3 Å². The van der Waals surface area contributed by atoms with Crippen molar-refractivity contribution in [3.8, 4) is 5.75 Å². The van der Waals surface area contributed by atoms with E-state index in [9.17, 15) is 9.90 Å². The predicted octanol–water partition coefficient (Wildman–Crippen LogP) is 2.35. The summed E-state index contributed by atoms with van der Waals surface area (Å²) in [4.78, 5) is 14.7. The van der Waals surface area contributed by atoms with E-state index in [0.29, 0.717) is 17.6 Å². The maximum atomic E-state index is 12.7. The highest BCUT2D eigenvalue weighted by Crippen LogP contribution is 2.30. The van der Waals surface area contributed by atoms with Crippen molar-refractivity contribution >= 4 is 28.5 Å². The quantitative estimate of drug-likeness (QED) is 0.782. The van der Waals surface area contributed by atoms with Crippen LogP contribution in [0.2, 0.25) is 0 Å². The summed E-state index contributed by atoms with van der Waals surface area (Å²) >= 11 is 2.06. The van der Waals surface area contributed by atoms with E-state index in [1.807, 2.05) is 4.90 Å². The fourth-order valence-electron chi connectivity index (χ4n) is 2.75. The first-order chi connectivity index (χ1) is 9.65. The van der Waals surface area contributed by atoms with E-state index < -0.39 is 0 Å². The van der Waals surface area contributed by atoms with Gasteiger partial charge < -0.3 is 15.3 Å². The minimum atomic E-state index is 0.0490. The lowest BCUT2D eigenvalue weighted by Crippen LogP contribution is -2.42. The van der Waals surface area contributed by atoms with E-state index in [1.54, 1.807) is 18.2 Å². The van der Waals surface area contributed by atoms with Gasteiger partial charge in [-0.3, -0.25) is 4.79 Å². The molecule has 1 saturated heterocycles. The largest absolute Gasteiger partial charge is 0.507 e. The Labute approximate surface area is 132 Å². The van der Waals surface area contributed by atoms with Gasteiger partial charge in [0.1, 0.15) is 5.75 Å². The monoisotopic (exact) mass is 386 g/mol. The van der Waals surface area contributed by atoms with Crippen molar-refractivity contribution < 1.29 is 9.90 Å². The summed E-state index contributed by atoms with van der Waals surface area (Å²) in [6.45, 7) is 1.85. The van der Waals surface area contributed by atoms with Crippen molar-refractivity contribution in [2.75, 3.05) is 13.1 Å². The van der Waals surface area contributed by atoms with Gasteiger partial charge in [0.2, 0.25) is 0 Å². The summed E-state index contributed by atoms with van der Waals surface area (Å²) < 4.78 is 0.773. The van der Waals surface area contributed by atoms with Crippen LogP contribution in [0.4, 0.5) is 0 Å². The van der Waals surface area contributed by atoms with Crippen molar-refractivity contribution in [3.63, 3.8) is 0 Å². The van der Waals surface area contributed by atoms with Crippen molar-refractivity contribution in [1.82, 2.24) is 10.2 Å². The highest BCUT2D eigenvalue weighted by molar-refractivity contribution is 14.1. The first-order valence-corrected chi connectivity index (χ1v) is 8.26. The first kappa shape index (κ1) is 14.1. The topological polar surface area (TPSA) is 52.6 Å². The molecule has 2 N–H and O–H groups in total. The molecule has 0 bridgehead atoms. The number of carbonyl (C=O) groups excluding carboxylic acids is 1. The summed E-state index contributed by atoms with van der Waals surface area (Å²) in [5.74, 6) is 0.235. The molecule has 1 aliphatic heterocycles. The smallest absolute Gasteiger partial charge is 0.254 e. The molecule has 0 radical (unpaired) electrons. The van der Waals surface area contributed by atoms with Gasteiger partial charge >= 0.3 is 0 Å². The van der Waals surface area contributed by atoms with E-state index in [1.165, 1.54) is 6.42 Å². The number of carbonyl (C=O) groups is 1. The fourth-order valence-corrected chi connectivity index (χ4v) is 3.08. The number of nitrogens with one attached hydrogen (secondary N) is 1. The zero-order chi connectivity index (χ0) is 14.1. The average Bonchev–Trinajstić information content (AvgIpc) is 3.15. The van der Waals surface area contributed by atoms with Gasteiger partial charge in [-0.25, -0.2) is 0 Å². The fraction of sp³-hybridized carbons (Fsp3) is 0.533. The number of benzene rings is 1. The number of hydrogen-bond donors (Lipinski definition) is 2. The minimum absolute atomic E-state index is 0.0490. The van der Waals surface area contributed by atoms with E-state index >= 15 is 0 Å². The number of hydrogen-bond acceptors (Lipinski definition) is 3. The van der Waals surface area contributed by atoms with Crippen LogP contribution in [0.3, 0.4) is 0 Å². The molecule has 1 saturated carbocycles. The number of phenols is 1. The van der Waals surface area contributed by atoms with Gasteiger partial charge in [-0.1, -0.05) is 0 Å². The van der Waals surface area contributed by atoms with Gasteiger partial charge in [0.25, 0.3) is 5.91 Å². The normalized spacial score (nSPS) is 21.9. The zero-order valence-electron chi connectivity index (χ0n) is 11.3. The van der Waals surface area contributed by atoms with Crippen LogP contribution in [0.1, 0.15) is 36.0 Å². The molecule has 1 aromatic rings. The average molecular weight is 386 g/mol. The highest BCUT2D eigenvalue weighted by Gasteiger charge is 2.35. The molecule has 20 heavy (non-hydrogen) atoms. The second-order valence-electron chi connectivity index (χ2n) is 5.65. The summed E-state index contributed by atoms with van der Waals surface area (Å²) in [5.41, 5.74) is 0.591. The summed E-state index contributed by atoms with van der Waals surface area (Å²) in [6.07, 6.45) is 4.56. The molecule has 1 aliphatic carbocycles. The molecule has 0 spiro atoms. The van der Waals surface area contributed by atoms with Gasteiger partial charge in [-0.05, 0) is 73.0 Å². The molecular formula is C15H19IN2O2. The molecule has 1 atom stereocenters. The van der Waals surface area contributed by atoms with Crippen LogP contribution in [0, 0.1) is 3.57 Å². The van der Waals surface area contributed by atoms with Crippen LogP contribution in [-0.4, -0.2) is 41.1 Å². The first-order valence-electron chi connectivity index (χ1n) is 7.18. The predicted molar refractivity (Wildman–Crippen MR) is 85.9 cm³/mol. The Morgan fingerprint density at radius 1 is 1.40 bits per heavy atom. The maximum Gasteiger partial charge on any atom is 0.254 e. The van der Waals surface area contributed by atoms with E-state index in [0.717, 1.165) is 35.9 Å². The molecule has 2 aliphatic rings. The second kappa shape index (κ2) is 5.89. The third kappa shape index (κ3) is 3.09. The zero-order valence-corrected chi connectivity index (χ0v) is 13.5. The Morgan fingerprint density at radius 2 is 2.20 bits per heavy atom. The Morgan fingerprint density at radius 3 is 2.80 bits per heavy atom. The summed E-state index contributed by atoms with van der Waals surface area (Å²) in [6, 6.07) is 6.01. The van der Waals surface area contributed by atoms with E-state index in [2.05, 4.69) is 27.9 Å². The third-order valence-electron chi connectivity index (χ3n) is 4.02. The number of rotatable bonds is 4. The summed E-state index contributed by atoms with van der Waals surface area (Å²) in [5, 5.41) is 13.2. The van der Waals surface area contributed by atoms with Crippen molar-refractivity contribution in [2.45, 2.75) is 37.8 Å². The molecule has 4 nitrogen and oxygen atoms in total. The number of phenolic OH excluding ortho intramolecular Hbond substituents is 1. The SMILES string of the molecule is O=C(c1ccc(I)c(O)c1)N(CC1CCCN1)C1CC1. The third-order valence-corrected chi connectivity index (χ3v) is 4.93. The Hall–Kier alpha value is -0.820. The van der Waals surface area contributed by atoms with E-state index in [-0.39, 0.29) is 11.7 Å². The standard InChI is InChI=1S/C15H19IN2O2/c16-13-6-3-10(8-14(13)19)15(20)18(12-4-5-12)9-11-2-1-7-17-11/h3,6,8,11-12,17,19H,1-2,4-5,7,9H2. The van der Waals surface area contributed by atoms with Crippen LogP contribution in [-0.2, 0) is 0 Å². The Bertz CT molecular complexity index is 511. The second-order valence-corrected chi connectivity index (χ2v) is 6.81. The van der Waals surface area contributed by atoms with Crippen LogP contribution in [0.15, 0.2) is 18.2 Å². The lowest BCUT2D eigenvalue weighted by atomic mass is 10.1. The van der Waals surface area contributed by atoms with Gasteiger partial charge in [0.05, 0.1) is 3.57 Å². The van der Waals surface area contributed by atoms with Crippen molar-refractivity contribution in [1.29, 1.82) is 0 Å². The van der Waals surface area contributed by atoms with Crippen LogP contribution >= 0.6 is 22.6 Å². The van der Waals surface area contributed by atoms with Gasteiger partial charge in [-0.2, -0.15) is 0 Å². The Kier molecular flexibility index (Phi) is 4.16. The maximum absolute atomic E-state index is 12.7. The van der Waals surface area contributed by atoms with Crippen LogP contribution in [0.5, 0.6) is 5.75 Å². The van der Waals surface area contributed by atoms with E-state index in [4.69, 9.17) is 0 Å². The molecule has 1 amide bonds. The molecule has 108 valence electrons. The van der Waals surface area contributed by atoms with Crippen molar-refractivity contribution in [2.24, 2.45) is 0 Å². The molecular weight excluding hydrogens is 367 g/mol. The molecule has 1 unspecified atom stereocenters. The molecule has 5 heteroatoms. The van der Waals surface area contributed by atoms with Gasteiger partial charge in [0, 0.05) is 24.2 Å². The lowest BCUT2D eigenvalue weighted by molar-refractivity contribution is 0.0728. The number of halogens is 1. The molecule has 1 heterocycles. The number of nitrogens with zero attached hydrogens (tertiary/aromatic N) is 1. The van der Waals surface area contributed by atoms with Crippen LogP contribution < -0.4 is 5.32 Å². The minimum Gasteiger partial charge on any atom is -0.507 e. The van der Waals surface area contributed by atoms with Gasteiger partial charge in [-0.15, -0.1) is 0 Å². The molecule has 0 aromatic heterocycles. The van der Waals surface area contributed by atoms with Gasteiger partial charge in [0.15, 0.2) is 0 Å². The summed E-state index contributed by atoms with van der Waals surface area (Å²) in [7, 11) is 0. The molecule has 1 aromatic carbocycles. The molecule has 3 rings (SSSR count). The Balaban J connectivity index is 1.75.